The zero-order valence-electron chi connectivity index (χ0n) is 58.6. The molecule has 0 atom stereocenters. The summed E-state index contributed by atoms with van der Waals surface area (Å²) in [4.78, 5) is 22.9. The van der Waals surface area contributed by atoms with Crippen LogP contribution in [0, 0.1) is 0 Å². The molecule has 4 nitrogen and oxygen atoms in total. The molecular formula is C84H116N2O2S4Si. The molecule has 7 heterocycles. The van der Waals surface area contributed by atoms with Crippen molar-refractivity contribution in [3.63, 3.8) is 0 Å². The van der Waals surface area contributed by atoms with Crippen LogP contribution in [0.5, 0.6) is 0 Å². The standard InChI is InChI=1S/C84H116N2O2S4Si/c1-7-13-19-25-31-39-53-65-59-68(90-81(65)64-51-43-38-44-52-64)75-77-80(88-73(85-77)55-45-33-27-21-15-9-3)76(78-79(75)87-74(86-78)56-46-34-28-22-16-10-4)69-60-66(54-40-32-26-20-14-8-2)82(91-69)70-62-72-84(92-70)83-71(61-67(89-83)63-49-41-37-42-50-63)93(72,57-47-35-29-23-17-11-5)58-48-36-30-24-18-12-6/h37-38,41-44,49-52,59-62H,7-36,39-40,45-48,53-58H2,1-6H3. The van der Waals surface area contributed by atoms with Crippen molar-refractivity contribution in [3.8, 4) is 61.3 Å². The van der Waals surface area contributed by atoms with E-state index in [4.69, 9.17) is 18.8 Å². The van der Waals surface area contributed by atoms with Crippen molar-refractivity contribution in [2.75, 3.05) is 0 Å². The molecule has 0 amide bonds. The lowest BCUT2D eigenvalue weighted by Gasteiger charge is -2.29. The van der Waals surface area contributed by atoms with Gasteiger partial charge < -0.3 is 8.83 Å². The normalized spacial score (nSPS) is 12.8. The second-order valence-corrected chi connectivity index (χ2v) is 36.3. The smallest absolute Gasteiger partial charge is 0.195 e. The zero-order valence-corrected chi connectivity index (χ0v) is 62.9. The van der Waals surface area contributed by atoms with Crippen LogP contribution in [0.25, 0.3) is 83.5 Å². The third-order valence-electron chi connectivity index (χ3n) is 20.4. The summed E-state index contributed by atoms with van der Waals surface area (Å²) in [6, 6.07) is 36.0. The number of hydrogen-bond acceptors (Lipinski definition) is 8. The van der Waals surface area contributed by atoms with Gasteiger partial charge in [0.2, 0.25) is 0 Å². The predicted octanol–water partition coefficient (Wildman–Crippen LogP) is 28.4. The fourth-order valence-electron chi connectivity index (χ4n) is 15.0. The average Bonchev–Trinajstić information content (AvgIpc) is 1.55. The van der Waals surface area contributed by atoms with Crippen molar-refractivity contribution >= 4 is 86.0 Å². The Bertz CT molecular complexity index is 3520. The van der Waals surface area contributed by atoms with E-state index in [2.05, 4.69) is 149 Å². The van der Waals surface area contributed by atoms with Crippen molar-refractivity contribution in [1.82, 2.24) is 9.97 Å². The Morgan fingerprint density at radius 2 is 0.645 bits per heavy atom. The predicted molar refractivity (Wildman–Crippen MR) is 415 cm³/mol. The van der Waals surface area contributed by atoms with E-state index in [9.17, 15) is 0 Å². The molecule has 502 valence electrons. The summed E-state index contributed by atoms with van der Waals surface area (Å²) in [5.74, 6) is 1.71. The van der Waals surface area contributed by atoms with Gasteiger partial charge in [-0.3, -0.25) is 0 Å². The van der Waals surface area contributed by atoms with Gasteiger partial charge >= 0.3 is 0 Å². The van der Waals surface area contributed by atoms with Gasteiger partial charge in [-0.25, -0.2) is 9.97 Å². The molecule has 0 radical (unpaired) electrons. The summed E-state index contributed by atoms with van der Waals surface area (Å²) in [5.41, 5.74) is 11.5. The Morgan fingerprint density at radius 1 is 0.312 bits per heavy atom. The van der Waals surface area contributed by atoms with Crippen LogP contribution < -0.4 is 10.4 Å². The highest BCUT2D eigenvalue weighted by Crippen LogP contribution is 2.53. The highest BCUT2D eigenvalue weighted by molar-refractivity contribution is 7.33. The molecule has 93 heavy (non-hydrogen) atoms. The SMILES string of the molecule is CCCCCCCCc1nc2c(-c3cc(CCCCCCCC)c(-c4cc5c(s4)-c4sc(-c6ccccc6)cc4[Si]5(CCCCCCCC)CCCCCCCC)s3)c3oc(CCCCCCCC)nc3c(-c3cc(CCCCCCCC)c(-c4ccccc4)s3)c2o1. The number of unbranched alkanes of at least 4 members (excludes halogenated alkanes) is 30. The minimum atomic E-state index is -2.16. The molecule has 0 fully saturated rings. The van der Waals surface area contributed by atoms with Gasteiger partial charge in [-0.05, 0) is 108 Å². The number of nitrogens with zero attached hydrogens (tertiary/aromatic N) is 2. The van der Waals surface area contributed by atoms with Gasteiger partial charge in [0.05, 0.1) is 11.1 Å². The summed E-state index contributed by atoms with van der Waals surface area (Å²) >= 11 is 8.21. The van der Waals surface area contributed by atoms with E-state index in [0.717, 1.165) is 83.6 Å². The fourth-order valence-corrected chi connectivity index (χ4v) is 27.1. The van der Waals surface area contributed by atoms with Gasteiger partial charge in [-0.2, -0.15) is 0 Å². The fraction of sp³-hybridized carbons (Fsp3) is 0.571. The maximum absolute atomic E-state index is 7.44. The lowest BCUT2D eigenvalue weighted by molar-refractivity contribution is 0.505. The van der Waals surface area contributed by atoms with Crippen molar-refractivity contribution in [2.24, 2.45) is 0 Å². The van der Waals surface area contributed by atoms with Crippen molar-refractivity contribution in [3.05, 3.63) is 108 Å². The Kier molecular flexibility index (Phi) is 29.1. The molecule has 6 aromatic heterocycles. The first-order valence-electron chi connectivity index (χ1n) is 38.3. The van der Waals surface area contributed by atoms with E-state index < -0.39 is 8.07 Å². The van der Waals surface area contributed by atoms with Gasteiger partial charge in [0.25, 0.3) is 0 Å². The number of aromatic nitrogens is 2. The lowest BCUT2D eigenvalue weighted by Crippen LogP contribution is -2.54. The monoisotopic (exact) mass is 1340 g/mol. The molecule has 0 saturated carbocycles. The quantitative estimate of drug-likeness (QED) is 0.0282. The number of aryl methyl sites for hydroxylation is 4. The average molecular weight is 1340 g/mol. The highest BCUT2D eigenvalue weighted by atomic mass is 32.1. The van der Waals surface area contributed by atoms with Gasteiger partial charge in [-0.1, -0.05) is 308 Å². The maximum Gasteiger partial charge on any atom is 0.195 e. The van der Waals surface area contributed by atoms with E-state index >= 15 is 0 Å². The Balaban J connectivity index is 1.14. The first-order chi connectivity index (χ1) is 45.9. The van der Waals surface area contributed by atoms with Gasteiger partial charge in [0.15, 0.2) is 22.9 Å². The Hall–Kier alpha value is -4.38. The molecule has 9 aromatic rings. The molecule has 3 aromatic carbocycles. The number of rotatable bonds is 47. The third-order valence-corrected chi connectivity index (χ3v) is 31.1. The van der Waals surface area contributed by atoms with Crippen LogP contribution in [-0.4, -0.2) is 18.0 Å². The van der Waals surface area contributed by atoms with Gasteiger partial charge in [0.1, 0.15) is 19.1 Å². The maximum atomic E-state index is 7.44. The molecule has 0 saturated heterocycles. The number of fused-ring (bicyclic) bond motifs is 5. The number of thiophene rings is 4. The van der Waals surface area contributed by atoms with E-state index in [1.165, 1.54) is 282 Å². The summed E-state index contributed by atoms with van der Waals surface area (Å²) in [7, 11) is -2.16. The minimum Gasteiger partial charge on any atom is -0.440 e. The van der Waals surface area contributed by atoms with E-state index in [-0.39, 0.29) is 0 Å². The topological polar surface area (TPSA) is 52.1 Å². The van der Waals surface area contributed by atoms with E-state index in [1.807, 2.05) is 22.7 Å². The first-order valence-corrected chi connectivity index (χ1v) is 44.0. The zero-order chi connectivity index (χ0) is 64.5. The largest absolute Gasteiger partial charge is 0.440 e. The van der Waals surface area contributed by atoms with Crippen LogP contribution in [-0.2, 0) is 25.7 Å². The molecule has 0 aliphatic carbocycles. The summed E-state index contributed by atoms with van der Waals surface area (Å²) in [5, 5.41) is 3.54. The molecule has 0 spiro atoms. The molecule has 9 heteroatoms. The Morgan fingerprint density at radius 3 is 1.08 bits per heavy atom. The van der Waals surface area contributed by atoms with Crippen LogP contribution in [0.15, 0.2) is 93.8 Å². The van der Waals surface area contributed by atoms with Crippen LogP contribution in [0.1, 0.15) is 296 Å². The lowest BCUT2D eigenvalue weighted by atomic mass is 9.99. The number of benzene rings is 3. The molecule has 10 rings (SSSR count). The summed E-state index contributed by atoms with van der Waals surface area (Å²) < 4.78 is 14.8. The first kappa shape index (κ1) is 71.4. The molecular weight excluding hydrogens is 1230 g/mol. The van der Waals surface area contributed by atoms with Gasteiger partial charge in [-0.15, -0.1) is 45.3 Å². The molecule has 1 aliphatic heterocycles. The van der Waals surface area contributed by atoms with Crippen molar-refractivity contribution in [1.29, 1.82) is 0 Å². The number of oxazole rings is 2. The van der Waals surface area contributed by atoms with Crippen LogP contribution >= 0.6 is 45.3 Å². The van der Waals surface area contributed by atoms with Gasteiger partial charge in [0, 0.05) is 51.9 Å². The van der Waals surface area contributed by atoms with Crippen molar-refractivity contribution in [2.45, 2.75) is 310 Å². The van der Waals surface area contributed by atoms with Crippen LogP contribution in [0.3, 0.4) is 0 Å². The highest BCUT2D eigenvalue weighted by Gasteiger charge is 2.48. The molecule has 0 bridgehead atoms. The summed E-state index contributed by atoms with van der Waals surface area (Å²) in [6.07, 6.45) is 50.2. The minimum absolute atomic E-state index is 0.834. The third kappa shape index (κ3) is 18.6. The molecule has 1 aliphatic rings. The van der Waals surface area contributed by atoms with Crippen LogP contribution in [0.4, 0.5) is 0 Å². The second kappa shape index (κ2) is 37.9. The molecule has 0 unspecified atom stereocenters. The Labute approximate surface area is 580 Å². The van der Waals surface area contributed by atoms with E-state index in [1.54, 1.807) is 20.1 Å². The van der Waals surface area contributed by atoms with Crippen molar-refractivity contribution < 1.29 is 8.83 Å². The molecule has 0 N–H and O–H groups in total. The summed E-state index contributed by atoms with van der Waals surface area (Å²) in [6.45, 7) is 14.0. The van der Waals surface area contributed by atoms with Crippen LogP contribution in [0.2, 0.25) is 12.1 Å². The van der Waals surface area contributed by atoms with E-state index in [0.29, 0.717) is 0 Å². The second-order valence-electron chi connectivity index (χ2n) is 27.9. The number of hydrogen-bond donors (Lipinski definition) is 0.